The molecule has 0 fully saturated rings. The number of hydrogen-bond donors (Lipinski definition) is 0. The monoisotopic (exact) mass is 480 g/mol. The Bertz CT molecular complexity index is 1400. The summed E-state index contributed by atoms with van der Waals surface area (Å²) >= 11 is 0. The molecular weight excluding hydrogens is 440 g/mol. The molecule has 3 heteroatoms. The Hall–Kier alpha value is -3.07. The zero-order valence-electron chi connectivity index (χ0n) is 22.9. The molecule has 0 spiro atoms. The van der Waals surface area contributed by atoms with Gasteiger partial charge in [0.1, 0.15) is 0 Å². The molecule has 1 aliphatic heterocycles. The highest BCUT2D eigenvalue weighted by molar-refractivity contribution is 6.08. The van der Waals surface area contributed by atoms with Crippen molar-refractivity contribution in [2.45, 2.75) is 85.6 Å². The molecule has 2 aromatic heterocycles. The predicted octanol–water partition coefficient (Wildman–Crippen LogP) is 9.21. The highest BCUT2D eigenvalue weighted by atomic mass is 16.3. The maximum absolute atomic E-state index is 6.46. The zero-order chi connectivity index (χ0) is 25.6. The molecule has 0 N–H and O–H groups in total. The van der Waals surface area contributed by atoms with Gasteiger partial charge in [-0.25, -0.2) is 4.98 Å². The van der Waals surface area contributed by atoms with Crippen LogP contribution in [0.15, 0.2) is 59.2 Å². The molecule has 188 valence electrons. The van der Waals surface area contributed by atoms with Crippen LogP contribution < -0.4 is 4.90 Å². The first kappa shape index (κ1) is 24.6. The highest BCUT2D eigenvalue weighted by Crippen LogP contribution is 2.41. The van der Waals surface area contributed by atoms with Gasteiger partial charge in [-0.1, -0.05) is 64.1 Å². The highest BCUT2D eigenvalue weighted by Gasteiger charge is 2.29. The van der Waals surface area contributed by atoms with Crippen molar-refractivity contribution in [3.8, 4) is 0 Å². The Labute approximate surface area is 216 Å². The van der Waals surface area contributed by atoms with Crippen molar-refractivity contribution in [3.63, 3.8) is 0 Å². The zero-order valence-corrected chi connectivity index (χ0v) is 22.9. The van der Waals surface area contributed by atoms with Crippen LogP contribution in [0.1, 0.15) is 87.2 Å². The summed E-state index contributed by atoms with van der Waals surface area (Å²) < 4.78 is 6.46. The molecule has 0 saturated carbocycles. The number of furan rings is 1. The van der Waals surface area contributed by atoms with Gasteiger partial charge in [-0.2, -0.15) is 0 Å². The van der Waals surface area contributed by atoms with E-state index in [4.69, 9.17) is 4.42 Å². The second kappa shape index (κ2) is 9.76. The van der Waals surface area contributed by atoms with Gasteiger partial charge in [0.25, 0.3) is 0 Å². The summed E-state index contributed by atoms with van der Waals surface area (Å²) in [5, 5.41) is 2.24. The van der Waals surface area contributed by atoms with E-state index in [0.29, 0.717) is 23.8 Å². The summed E-state index contributed by atoms with van der Waals surface area (Å²) in [7, 11) is 0. The Balaban J connectivity index is 1.59. The molecule has 3 heterocycles. The van der Waals surface area contributed by atoms with Gasteiger partial charge in [-0.3, -0.25) is 0 Å². The molecule has 0 amide bonds. The van der Waals surface area contributed by atoms with E-state index < -0.39 is 0 Å². The third-order valence-corrected chi connectivity index (χ3v) is 8.13. The first-order valence-corrected chi connectivity index (χ1v) is 13.6. The number of nitrogens with zero attached hydrogens (tertiary/aromatic N) is 2. The molecule has 3 nitrogen and oxygen atoms in total. The summed E-state index contributed by atoms with van der Waals surface area (Å²) in [6.45, 7) is 15.9. The minimum absolute atomic E-state index is 0.344. The molecule has 5 rings (SSSR count). The van der Waals surface area contributed by atoms with E-state index in [1.54, 1.807) is 5.56 Å². The summed E-state index contributed by atoms with van der Waals surface area (Å²) in [5.74, 6) is 1.59. The van der Waals surface area contributed by atoms with Gasteiger partial charge in [-0.15, -0.1) is 0 Å². The molecule has 2 atom stereocenters. The van der Waals surface area contributed by atoms with Crippen LogP contribution in [0.3, 0.4) is 0 Å². The molecule has 0 radical (unpaired) electrons. The topological polar surface area (TPSA) is 29.3 Å². The van der Waals surface area contributed by atoms with Crippen molar-refractivity contribution < 1.29 is 4.42 Å². The van der Waals surface area contributed by atoms with Crippen molar-refractivity contribution in [2.24, 2.45) is 5.92 Å². The van der Waals surface area contributed by atoms with Crippen LogP contribution in [0, 0.1) is 19.8 Å². The number of pyridine rings is 1. The normalized spacial score (nSPS) is 18.6. The largest absolute Gasteiger partial charge is 0.435 e. The van der Waals surface area contributed by atoms with E-state index in [1.807, 2.05) is 6.92 Å². The lowest BCUT2D eigenvalue weighted by Crippen LogP contribution is -2.35. The fraction of sp³-hybridized carbons (Fsp3) is 0.424. The molecule has 1 unspecified atom stereocenters. The van der Waals surface area contributed by atoms with E-state index in [2.05, 4.69) is 106 Å². The van der Waals surface area contributed by atoms with Crippen molar-refractivity contribution in [3.05, 3.63) is 82.7 Å². The van der Waals surface area contributed by atoms with Crippen molar-refractivity contribution >= 4 is 27.8 Å². The van der Waals surface area contributed by atoms with Crippen molar-refractivity contribution in [1.82, 2.24) is 4.98 Å². The van der Waals surface area contributed by atoms with E-state index in [1.165, 1.54) is 28.8 Å². The summed E-state index contributed by atoms with van der Waals surface area (Å²) in [4.78, 5) is 7.17. The lowest BCUT2D eigenvalue weighted by atomic mass is 9.80. The number of rotatable bonds is 5. The fourth-order valence-electron chi connectivity index (χ4n) is 6.07. The number of fused-ring (bicyclic) bond motifs is 3. The van der Waals surface area contributed by atoms with Gasteiger partial charge < -0.3 is 9.32 Å². The standard InChI is InChI=1S/C33H40N2O/c1-20(2)26-12-10-13-27(21(3)4)30(26)19-25-11-8-9-18-35(24(25)7)31-22(5)14-16-28-29-17-15-23(6)34-33(29)36-32(28)31/h9-10,12-18,20-21,24-25H,8,11,19H2,1-7H3/t24-,25?/m0/s1. The smallest absolute Gasteiger partial charge is 0.227 e. The van der Waals surface area contributed by atoms with Gasteiger partial charge >= 0.3 is 0 Å². The maximum Gasteiger partial charge on any atom is 0.227 e. The van der Waals surface area contributed by atoms with Crippen molar-refractivity contribution in [2.75, 3.05) is 4.90 Å². The summed E-state index contributed by atoms with van der Waals surface area (Å²) in [5.41, 5.74) is 9.66. The lowest BCUT2D eigenvalue weighted by Gasteiger charge is -2.34. The number of allylic oxidation sites excluding steroid dienone is 1. The Morgan fingerprint density at radius 2 is 1.64 bits per heavy atom. The molecule has 1 aliphatic rings. The summed E-state index contributed by atoms with van der Waals surface area (Å²) in [6.07, 6.45) is 8.04. The number of aromatic nitrogens is 1. The third kappa shape index (κ3) is 4.34. The Morgan fingerprint density at radius 3 is 2.33 bits per heavy atom. The van der Waals surface area contributed by atoms with Crippen LogP contribution in [-0.2, 0) is 6.42 Å². The average Bonchev–Trinajstić information content (AvgIpc) is 3.10. The van der Waals surface area contributed by atoms with E-state index in [0.717, 1.165) is 40.6 Å². The molecule has 0 saturated heterocycles. The number of aryl methyl sites for hydroxylation is 2. The first-order chi connectivity index (χ1) is 17.3. The first-order valence-electron chi connectivity index (χ1n) is 13.6. The molecule has 36 heavy (non-hydrogen) atoms. The van der Waals surface area contributed by atoms with Gasteiger partial charge in [-0.05, 0) is 92.2 Å². The van der Waals surface area contributed by atoms with E-state index in [-0.39, 0.29) is 0 Å². The van der Waals surface area contributed by atoms with Crippen molar-refractivity contribution in [1.29, 1.82) is 0 Å². The van der Waals surface area contributed by atoms with Crippen LogP contribution in [0.25, 0.3) is 22.1 Å². The second-order valence-electron chi connectivity index (χ2n) is 11.3. The average molecular weight is 481 g/mol. The number of benzene rings is 2. The van der Waals surface area contributed by atoms with Crippen LogP contribution in [0.5, 0.6) is 0 Å². The molecule has 2 aromatic carbocycles. The molecular formula is C33H40N2O. The quantitative estimate of drug-likeness (QED) is 0.285. The van der Waals surface area contributed by atoms with Gasteiger partial charge in [0.05, 0.1) is 5.69 Å². The minimum Gasteiger partial charge on any atom is -0.435 e. The number of anilines is 1. The van der Waals surface area contributed by atoms with Gasteiger partial charge in [0, 0.05) is 28.7 Å². The maximum atomic E-state index is 6.46. The van der Waals surface area contributed by atoms with Crippen LogP contribution in [-0.4, -0.2) is 11.0 Å². The van der Waals surface area contributed by atoms with Gasteiger partial charge in [0.15, 0.2) is 5.58 Å². The minimum atomic E-state index is 0.344. The molecule has 0 bridgehead atoms. The Morgan fingerprint density at radius 1 is 0.944 bits per heavy atom. The van der Waals surface area contributed by atoms with E-state index >= 15 is 0 Å². The second-order valence-corrected chi connectivity index (χ2v) is 11.3. The summed E-state index contributed by atoms with van der Waals surface area (Å²) in [6, 6.07) is 15.9. The van der Waals surface area contributed by atoms with Crippen LogP contribution in [0.2, 0.25) is 0 Å². The fourth-order valence-corrected chi connectivity index (χ4v) is 6.07. The number of hydrogen-bond acceptors (Lipinski definition) is 3. The third-order valence-electron chi connectivity index (χ3n) is 8.13. The molecule has 0 aliphatic carbocycles. The Kier molecular flexibility index (Phi) is 6.68. The lowest BCUT2D eigenvalue weighted by molar-refractivity contribution is 0.412. The molecule has 4 aromatic rings. The van der Waals surface area contributed by atoms with E-state index in [9.17, 15) is 0 Å². The predicted molar refractivity (Wildman–Crippen MR) is 153 cm³/mol. The van der Waals surface area contributed by atoms with Crippen LogP contribution >= 0.6 is 0 Å². The SMILES string of the molecule is Cc1ccc2c(n1)oc1c(N3C=CCCC(Cc4c(C(C)C)cccc4C(C)C)[C@@H]3C)c(C)ccc12. The van der Waals surface area contributed by atoms with Crippen LogP contribution in [0.4, 0.5) is 5.69 Å². The van der Waals surface area contributed by atoms with Gasteiger partial charge in [0.2, 0.25) is 5.71 Å².